The Morgan fingerprint density at radius 1 is 1.35 bits per heavy atom. The Hall–Kier alpha value is -0.390. The van der Waals surface area contributed by atoms with E-state index < -0.39 is 5.60 Å². The van der Waals surface area contributed by atoms with Crippen molar-refractivity contribution in [2.45, 2.75) is 51.7 Å². The quantitative estimate of drug-likeness (QED) is 0.913. The van der Waals surface area contributed by atoms with Crippen molar-refractivity contribution >= 4 is 15.9 Å². The summed E-state index contributed by atoms with van der Waals surface area (Å²) in [6, 6.07) is 0. The molecule has 5 heteroatoms. The molecule has 0 saturated heterocycles. The molecule has 1 N–H and O–H groups in total. The smallest absolute Gasteiger partial charge is 0.112 e. The van der Waals surface area contributed by atoms with Gasteiger partial charge in [-0.25, -0.2) is 0 Å². The van der Waals surface area contributed by atoms with Crippen LogP contribution < -0.4 is 0 Å². The van der Waals surface area contributed by atoms with Crippen LogP contribution in [0.15, 0.2) is 10.7 Å². The summed E-state index contributed by atoms with van der Waals surface area (Å²) >= 11 is 3.59. The summed E-state index contributed by atoms with van der Waals surface area (Å²) in [5, 5.41) is 15.8. The lowest BCUT2D eigenvalue weighted by molar-refractivity contribution is -0.110. The van der Waals surface area contributed by atoms with E-state index in [1.807, 2.05) is 10.9 Å². The van der Waals surface area contributed by atoms with Gasteiger partial charge in [0.15, 0.2) is 0 Å². The summed E-state index contributed by atoms with van der Waals surface area (Å²) in [5.41, 5.74) is 0.0281. The molecule has 1 fully saturated rings. The van der Waals surface area contributed by atoms with E-state index >= 15 is 0 Å². The van der Waals surface area contributed by atoms with Crippen molar-refractivity contribution in [2.24, 2.45) is 5.41 Å². The molecule has 0 radical (unpaired) electrons. The van der Waals surface area contributed by atoms with Crippen LogP contribution >= 0.6 is 15.9 Å². The van der Waals surface area contributed by atoms with E-state index in [1.165, 1.54) is 6.42 Å². The molecule has 0 spiro atoms. The number of rotatable bonds is 4. The minimum atomic E-state index is -0.799. The zero-order valence-corrected chi connectivity index (χ0v) is 14.6. The second-order valence-corrected chi connectivity index (χ2v) is 7.67. The Kier molecular flexibility index (Phi) is 4.62. The number of halogens is 1. The number of hydrogen-bond donors (Lipinski definition) is 1. The van der Waals surface area contributed by atoms with Gasteiger partial charge in [-0.2, -0.15) is 5.10 Å². The lowest BCUT2D eigenvalue weighted by atomic mass is 9.64. The molecule has 1 heterocycles. The van der Waals surface area contributed by atoms with Crippen LogP contribution in [0, 0.1) is 5.41 Å². The molecule has 20 heavy (non-hydrogen) atoms. The van der Waals surface area contributed by atoms with Crippen molar-refractivity contribution < 1.29 is 5.11 Å². The molecule has 1 aromatic rings. The first kappa shape index (κ1) is 16.0. The van der Waals surface area contributed by atoms with Gasteiger partial charge in [0.05, 0.1) is 22.9 Å². The molecule has 0 aromatic carbocycles. The van der Waals surface area contributed by atoms with Gasteiger partial charge in [0.1, 0.15) is 5.60 Å². The maximum Gasteiger partial charge on any atom is 0.112 e. The molecular formula is C15H26BrN3O. The van der Waals surface area contributed by atoms with Crippen molar-refractivity contribution in [3.8, 4) is 0 Å². The Bertz CT molecular complexity index is 470. The lowest BCUT2D eigenvalue weighted by Crippen LogP contribution is -2.46. The predicted octanol–water partition coefficient (Wildman–Crippen LogP) is 3.00. The molecule has 1 atom stereocenters. The highest BCUT2D eigenvalue weighted by atomic mass is 79.9. The monoisotopic (exact) mass is 343 g/mol. The van der Waals surface area contributed by atoms with Gasteiger partial charge < -0.3 is 10.0 Å². The molecule has 1 aromatic heterocycles. The van der Waals surface area contributed by atoms with E-state index in [1.54, 1.807) is 0 Å². The molecule has 1 saturated carbocycles. The minimum absolute atomic E-state index is 0.121. The zero-order chi connectivity index (χ0) is 15.0. The summed E-state index contributed by atoms with van der Waals surface area (Å²) in [4.78, 5) is 2.13. The molecule has 0 amide bonds. The first-order valence-electron chi connectivity index (χ1n) is 7.37. The topological polar surface area (TPSA) is 41.3 Å². The molecule has 2 rings (SSSR count). The summed E-state index contributed by atoms with van der Waals surface area (Å²) in [7, 11) is 4.11. The zero-order valence-electron chi connectivity index (χ0n) is 13.0. The summed E-state index contributed by atoms with van der Waals surface area (Å²) in [6.07, 6.45) is 5.94. The van der Waals surface area contributed by atoms with E-state index in [9.17, 15) is 5.11 Å². The van der Waals surface area contributed by atoms with Crippen molar-refractivity contribution in [3.63, 3.8) is 0 Å². The third-order valence-electron chi connectivity index (χ3n) is 4.66. The van der Waals surface area contributed by atoms with Crippen molar-refractivity contribution in [1.29, 1.82) is 0 Å². The maximum absolute atomic E-state index is 11.4. The predicted molar refractivity (Wildman–Crippen MR) is 84.6 cm³/mol. The molecule has 0 aliphatic heterocycles. The number of nitrogens with zero attached hydrogens (tertiary/aromatic N) is 3. The van der Waals surface area contributed by atoms with Crippen LogP contribution in [0.5, 0.6) is 0 Å². The second kappa shape index (κ2) is 5.78. The largest absolute Gasteiger partial charge is 0.383 e. The Morgan fingerprint density at radius 2 is 2.00 bits per heavy atom. The van der Waals surface area contributed by atoms with Gasteiger partial charge in [-0.15, -0.1) is 0 Å². The van der Waals surface area contributed by atoms with Crippen LogP contribution in [0.25, 0.3) is 0 Å². The standard InChI is InChI=1S/C15H26BrN3O/c1-14(2)7-5-6-8-15(14,20)13-12(16)11-17-19(13)10-9-18(3)4/h11,20H,5-10H2,1-4H3. The summed E-state index contributed by atoms with van der Waals surface area (Å²) in [5.74, 6) is 0. The van der Waals surface area contributed by atoms with Gasteiger partial charge in [0.25, 0.3) is 0 Å². The van der Waals surface area contributed by atoms with Gasteiger partial charge in [0, 0.05) is 6.54 Å². The average Bonchev–Trinajstić information content (AvgIpc) is 2.72. The fourth-order valence-electron chi connectivity index (χ4n) is 3.17. The lowest BCUT2D eigenvalue weighted by Gasteiger charge is -2.46. The molecule has 1 unspecified atom stereocenters. The second-order valence-electron chi connectivity index (χ2n) is 6.82. The third kappa shape index (κ3) is 2.81. The van der Waals surface area contributed by atoms with Crippen LogP contribution in [0.2, 0.25) is 0 Å². The van der Waals surface area contributed by atoms with Crippen molar-refractivity contribution in [2.75, 3.05) is 20.6 Å². The number of aliphatic hydroxyl groups is 1. The molecule has 0 bridgehead atoms. The van der Waals surface area contributed by atoms with Crippen LogP contribution in [0.4, 0.5) is 0 Å². The Labute approximate surface area is 130 Å². The summed E-state index contributed by atoms with van der Waals surface area (Å²) < 4.78 is 2.89. The number of aromatic nitrogens is 2. The van der Waals surface area contributed by atoms with Gasteiger partial charge in [0.2, 0.25) is 0 Å². The fourth-order valence-corrected chi connectivity index (χ4v) is 3.79. The first-order chi connectivity index (χ1) is 9.28. The van der Waals surface area contributed by atoms with E-state index in [2.05, 4.69) is 53.9 Å². The van der Waals surface area contributed by atoms with Crippen molar-refractivity contribution in [1.82, 2.24) is 14.7 Å². The van der Waals surface area contributed by atoms with Crippen LogP contribution in [0.3, 0.4) is 0 Å². The van der Waals surface area contributed by atoms with Gasteiger partial charge in [-0.05, 0) is 48.3 Å². The van der Waals surface area contributed by atoms with E-state index in [-0.39, 0.29) is 5.41 Å². The van der Waals surface area contributed by atoms with Crippen molar-refractivity contribution in [3.05, 3.63) is 16.4 Å². The molecule has 1 aliphatic rings. The maximum atomic E-state index is 11.4. The molecule has 114 valence electrons. The fraction of sp³-hybridized carbons (Fsp3) is 0.800. The third-order valence-corrected chi connectivity index (χ3v) is 5.24. The number of hydrogen-bond acceptors (Lipinski definition) is 3. The van der Waals surface area contributed by atoms with Gasteiger partial charge in [-0.3, -0.25) is 4.68 Å². The van der Waals surface area contributed by atoms with E-state index in [4.69, 9.17) is 0 Å². The van der Waals surface area contributed by atoms with Crippen LogP contribution in [-0.4, -0.2) is 40.4 Å². The normalized spacial score (nSPS) is 26.1. The highest BCUT2D eigenvalue weighted by Crippen LogP contribution is 2.51. The van der Waals surface area contributed by atoms with Crippen LogP contribution in [-0.2, 0) is 12.1 Å². The molecule has 4 nitrogen and oxygen atoms in total. The molecular weight excluding hydrogens is 318 g/mol. The van der Waals surface area contributed by atoms with Gasteiger partial charge >= 0.3 is 0 Å². The van der Waals surface area contributed by atoms with Gasteiger partial charge in [-0.1, -0.05) is 26.7 Å². The molecule has 1 aliphatic carbocycles. The Morgan fingerprint density at radius 3 is 2.60 bits per heavy atom. The number of likely N-dealkylation sites (N-methyl/N-ethyl adjacent to an activating group) is 1. The average molecular weight is 344 g/mol. The van der Waals surface area contributed by atoms with Crippen LogP contribution in [0.1, 0.15) is 45.2 Å². The SMILES string of the molecule is CN(C)CCn1ncc(Br)c1C1(O)CCCCC1(C)C. The highest BCUT2D eigenvalue weighted by molar-refractivity contribution is 9.10. The first-order valence-corrected chi connectivity index (χ1v) is 8.16. The minimum Gasteiger partial charge on any atom is -0.383 e. The Balaban J connectivity index is 2.37. The summed E-state index contributed by atoms with van der Waals surface area (Å²) in [6.45, 7) is 6.05. The van der Waals surface area contributed by atoms with E-state index in [0.717, 1.165) is 42.5 Å². The highest BCUT2D eigenvalue weighted by Gasteiger charge is 2.49. The van der Waals surface area contributed by atoms with E-state index in [0.29, 0.717) is 0 Å².